The number of ether oxygens (including phenoxy) is 1. The van der Waals surface area contributed by atoms with Crippen molar-refractivity contribution in [2.24, 2.45) is 5.92 Å². The summed E-state index contributed by atoms with van der Waals surface area (Å²) in [6.07, 6.45) is 4.23. The zero-order chi connectivity index (χ0) is 12.7. The molecule has 1 heterocycles. The molecule has 0 radical (unpaired) electrons. The van der Waals surface area contributed by atoms with Gasteiger partial charge in [0.15, 0.2) is 0 Å². The van der Waals surface area contributed by atoms with Crippen molar-refractivity contribution in [3.05, 3.63) is 0 Å². The maximum Gasteiger partial charge on any atom is 0.306 e. The molecule has 0 saturated carbocycles. The second-order valence-electron chi connectivity index (χ2n) is 4.71. The molecule has 0 bridgehead atoms. The van der Waals surface area contributed by atoms with E-state index in [-0.39, 0.29) is 17.5 Å². The van der Waals surface area contributed by atoms with Gasteiger partial charge in [0.25, 0.3) is 0 Å². The van der Waals surface area contributed by atoms with Crippen molar-refractivity contribution in [3.63, 3.8) is 0 Å². The molecule has 0 aromatic carbocycles. The SMILES string of the molecule is CC(=O)CCCC(=O)CCC1CCOC(=O)C1. The smallest absolute Gasteiger partial charge is 0.306 e. The van der Waals surface area contributed by atoms with Crippen molar-refractivity contribution in [2.75, 3.05) is 6.61 Å². The third-order valence-electron chi connectivity index (χ3n) is 3.06. The van der Waals surface area contributed by atoms with Crippen LogP contribution in [0.15, 0.2) is 0 Å². The van der Waals surface area contributed by atoms with Crippen LogP contribution < -0.4 is 0 Å². The topological polar surface area (TPSA) is 60.4 Å². The standard InChI is InChI=1S/C13H20O4/c1-10(14)3-2-4-12(15)6-5-11-7-8-17-13(16)9-11/h11H,2-9H2,1H3. The summed E-state index contributed by atoms with van der Waals surface area (Å²) in [6, 6.07) is 0. The van der Waals surface area contributed by atoms with Gasteiger partial charge in [-0.2, -0.15) is 0 Å². The van der Waals surface area contributed by atoms with Gasteiger partial charge in [0.2, 0.25) is 0 Å². The Labute approximate surface area is 102 Å². The maximum absolute atomic E-state index is 11.5. The fourth-order valence-electron chi connectivity index (χ4n) is 2.01. The van der Waals surface area contributed by atoms with Gasteiger partial charge < -0.3 is 9.53 Å². The molecule has 1 fully saturated rings. The summed E-state index contributed by atoms with van der Waals surface area (Å²) in [5.41, 5.74) is 0. The lowest BCUT2D eigenvalue weighted by atomic mass is 9.92. The number of hydrogen-bond donors (Lipinski definition) is 0. The number of rotatable bonds is 7. The van der Waals surface area contributed by atoms with Crippen molar-refractivity contribution >= 4 is 17.5 Å². The first-order valence-electron chi connectivity index (χ1n) is 6.24. The lowest BCUT2D eigenvalue weighted by molar-refractivity contribution is -0.149. The van der Waals surface area contributed by atoms with Gasteiger partial charge in [-0.3, -0.25) is 9.59 Å². The Bertz CT molecular complexity index is 296. The van der Waals surface area contributed by atoms with E-state index in [9.17, 15) is 14.4 Å². The molecule has 17 heavy (non-hydrogen) atoms. The average molecular weight is 240 g/mol. The summed E-state index contributed by atoms with van der Waals surface area (Å²) in [7, 11) is 0. The van der Waals surface area contributed by atoms with E-state index in [2.05, 4.69) is 0 Å². The summed E-state index contributed by atoms with van der Waals surface area (Å²) in [6.45, 7) is 2.03. The zero-order valence-corrected chi connectivity index (χ0v) is 10.4. The van der Waals surface area contributed by atoms with Crippen LogP contribution in [-0.4, -0.2) is 24.1 Å². The molecular formula is C13H20O4. The molecular weight excluding hydrogens is 220 g/mol. The monoisotopic (exact) mass is 240 g/mol. The van der Waals surface area contributed by atoms with E-state index < -0.39 is 0 Å². The highest BCUT2D eigenvalue weighted by molar-refractivity contribution is 5.80. The van der Waals surface area contributed by atoms with E-state index in [0.717, 1.165) is 12.8 Å². The van der Waals surface area contributed by atoms with Gasteiger partial charge in [-0.1, -0.05) is 0 Å². The van der Waals surface area contributed by atoms with Crippen LogP contribution in [0.4, 0.5) is 0 Å². The van der Waals surface area contributed by atoms with E-state index in [1.807, 2.05) is 0 Å². The van der Waals surface area contributed by atoms with Crippen LogP contribution >= 0.6 is 0 Å². The van der Waals surface area contributed by atoms with Gasteiger partial charge in [0, 0.05) is 25.7 Å². The third kappa shape index (κ3) is 6.19. The second kappa shape index (κ2) is 7.20. The molecule has 4 heteroatoms. The molecule has 0 aliphatic carbocycles. The molecule has 1 unspecified atom stereocenters. The van der Waals surface area contributed by atoms with Crippen LogP contribution in [0.25, 0.3) is 0 Å². The lowest BCUT2D eigenvalue weighted by Gasteiger charge is -2.20. The third-order valence-corrected chi connectivity index (χ3v) is 3.06. The van der Waals surface area contributed by atoms with Crippen molar-refractivity contribution < 1.29 is 19.1 Å². The Morgan fingerprint density at radius 3 is 2.71 bits per heavy atom. The lowest BCUT2D eigenvalue weighted by Crippen LogP contribution is -2.21. The highest BCUT2D eigenvalue weighted by atomic mass is 16.5. The molecule has 96 valence electrons. The fourth-order valence-corrected chi connectivity index (χ4v) is 2.01. The largest absolute Gasteiger partial charge is 0.466 e. The first kappa shape index (κ1) is 13.9. The van der Waals surface area contributed by atoms with Gasteiger partial charge in [0.05, 0.1) is 6.61 Å². The molecule has 0 amide bonds. The summed E-state index contributed by atoms with van der Waals surface area (Å²) in [5.74, 6) is 0.483. The van der Waals surface area contributed by atoms with Gasteiger partial charge in [-0.25, -0.2) is 0 Å². The van der Waals surface area contributed by atoms with Crippen LogP contribution in [0.1, 0.15) is 51.9 Å². The molecule has 1 aliphatic heterocycles. The number of cyclic esters (lactones) is 1. The van der Waals surface area contributed by atoms with Crippen molar-refractivity contribution in [3.8, 4) is 0 Å². The number of carbonyl (C=O) groups is 3. The minimum Gasteiger partial charge on any atom is -0.466 e. The molecule has 4 nitrogen and oxygen atoms in total. The molecule has 1 saturated heterocycles. The Kier molecular flexibility index (Phi) is 5.87. The van der Waals surface area contributed by atoms with Crippen molar-refractivity contribution in [2.45, 2.75) is 51.9 Å². The van der Waals surface area contributed by atoms with E-state index in [4.69, 9.17) is 4.74 Å². The highest BCUT2D eigenvalue weighted by Gasteiger charge is 2.21. The number of esters is 1. The van der Waals surface area contributed by atoms with Gasteiger partial charge >= 0.3 is 5.97 Å². The minimum absolute atomic E-state index is 0.132. The first-order chi connectivity index (χ1) is 8.08. The first-order valence-corrected chi connectivity index (χ1v) is 6.24. The molecule has 0 aromatic heterocycles. The van der Waals surface area contributed by atoms with Crippen molar-refractivity contribution in [1.29, 1.82) is 0 Å². The van der Waals surface area contributed by atoms with Crippen LogP contribution in [-0.2, 0) is 19.1 Å². The van der Waals surface area contributed by atoms with Crippen LogP contribution in [0.5, 0.6) is 0 Å². The predicted octanol–water partition coefficient (Wildman–Crippen LogP) is 2.05. The fraction of sp³-hybridized carbons (Fsp3) is 0.769. The van der Waals surface area contributed by atoms with Gasteiger partial charge in [-0.15, -0.1) is 0 Å². The van der Waals surface area contributed by atoms with E-state index >= 15 is 0 Å². The van der Waals surface area contributed by atoms with Crippen LogP contribution in [0, 0.1) is 5.92 Å². The molecule has 0 spiro atoms. The van der Waals surface area contributed by atoms with E-state index in [1.54, 1.807) is 0 Å². The quantitative estimate of drug-likeness (QED) is 0.639. The number of Topliss-reactive ketones (excluding diaryl/α,β-unsaturated/α-hetero) is 2. The minimum atomic E-state index is -0.148. The maximum atomic E-state index is 11.5. The Morgan fingerprint density at radius 1 is 1.29 bits per heavy atom. The van der Waals surface area contributed by atoms with E-state index in [1.165, 1.54) is 6.92 Å². The molecule has 1 aliphatic rings. The zero-order valence-electron chi connectivity index (χ0n) is 10.4. The summed E-state index contributed by atoms with van der Waals surface area (Å²) >= 11 is 0. The Hall–Kier alpha value is -1.19. The van der Waals surface area contributed by atoms with Crippen molar-refractivity contribution in [1.82, 2.24) is 0 Å². The van der Waals surface area contributed by atoms with Crippen LogP contribution in [0.2, 0.25) is 0 Å². The Morgan fingerprint density at radius 2 is 2.06 bits per heavy atom. The molecule has 0 N–H and O–H groups in total. The number of ketones is 2. The average Bonchev–Trinajstić information content (AvgIpc) is 2.26. The normalized spacial score (nSPS) is 19.8. The molecule has 0 aromatic rings. The predicted molar refractivity (Wildman–Crippen MR) is 62.5 cm³/mol. The molecule has 1 rings (SSSR count). The Balaban J connectivity index is 2.10. The van der Waals surface area contributed by atoms with Gasteiger partial charge in [0.1, 0.15) is 11.6 Å². The number of carbonyl (C=O) groups excluding carboxylic acids is 3. The number of hydrogen-bond acceptors (Lipinski definition) is 4. The highest BCUT2D eigenvalue weighted by Crippen LogP contribution is 2.21. The summed E-state index contributed by atoms with van der Waals surface area (Å²) in [5, 5.41) is 0. The van der Waals surface area contributed by atoms with Gasteiger partial charge in [-0.05, 0) is 32.1 Å². The summed E-state index contributed by atoms with van der Waals surface area (Å²) in [4.78, 5) is 33.2. The second-order valence-corrected chi connectivity index (χ2v) is 4.71. The summed E-state index contributed by atoms with van der Waals surface area (Å²) < 4.78 is 4.84. The van der Waals surface area contributed by atoms with Crippen LogP contribution in [0.3, 0.4) is 0 Å². The molecule has 1 atom stereocenters. The van der Waals surface area contributed by atoms with E-state index in [0.29, 0.717) is 44.6 Å².